The molecule has 1 N–H and O–H groups in total. The summed E-state index contributed by atoms with van der Waals surface area (Å²) in [5.74, 6) is 0. The van der Waals surface area contributed by atoms with E-state index in [1.54, 1.807) is 0 Å². The van der Waals surface area contributed by atoms with E-state index in [0.717, 1.165) is 19.3 Å². The lowest BCUT2D eigenvalue weighted by Crippen LogP contribution is -2.58. The van der Waals surface area contributed by atoms with Crippen molar-refractivity contribution in [1.29, 1.82) is 0 Å². The van der Waals surface area contributed by atoms with Gasteiger partial charge >= 0.3 is 0 Å². The second-order valence-corrected chi connectivity index (χ2v) is 6.18. The molecule has 1 rings (SSSR count). The van der Waals surface area contributed by atoms with Crippen LogP contribution in [0.15, 0.2) is 18.2 Å². The van der Waals surface area contributed by atoms with Crippen LogP contribution < -0.4 is 5.32 Å². The summed E-state index contributed by atoms with van der Waals surface area (Å²) in [7, 11) is 6.51. The third-order valence-electron chi connectivity index (χ3n) is 5.04. The molecule has 1 atom stereocenters. The van der Waals surface area contributed by atoms with Gasteiger partial charge in [-0.2, -0.15) is 0 Å². The predicted molar refractivity (Wildman–Crippen MR) is 89.5 cm³/mol. The van der Waals surface area contributed by atoms with E-state index in [1.807, 2.05) is 0 Å². The van der Waals surface area contributed by atoms with Crippen molar-refractivity contribution in [2.45, 2.75) is 58.5 Å². The molecule has 0 aliphatic carbocycles. The highest BCUT2D eigenvalue weighted by molar-refractivity contribution is 5.31. The highest BCUT2D eigenvalue weighted by Gasteiger charge is 2.36. The lowest BCUT2D eigenvalue weighted by Gasteiger charge is -2.45. The van der Waals surface area contributed by atoms with E-state index >= 15 is 0 Å². The molecule has 0 bridgehead atoms. The molecule has 2 heteroatoms. The van der Waals surface area contributed by atoms with Gasteiger partial charge in [0.2, 0.25) is 0 Å². The van der Waals surface area contributed by atoms with Crippen molar-refractivity contribution in [2.24, 2.45) is 0 Å². The summed E-state index contributed by atoms with van der Waals surface area (Å²) in [6, 6.07) is 7.25. The monoisotopic (exact) mass is 276 g/mol. The van der Waals surface area contributed by atoms with Crippen molar-refractivity contribution in [3.63, 3.8) is 0 Å². The van der Waals surface area contributed by atoms with Crippen molar-refractivity contribution in [2.75, 3.05) is 21.1 Å². The van der Waals surface area contributed by atoms with Crippen LogP contribution >= 0.6 is 0 Å². The van der Waals surface area contributed by atoms with E-state index in [0.29, 0.717) is 6.04 Å². The standard InChI is InChI=1S/C18H32N2/c1-8-18(9-2,20(6)7)17(19-5)13-16-12-14(3)10-11-15(16)4/h10-12,17,19H,8-9,13H2,1-7H3. The van der Waals surface area contributed by atoms with Gasteiger partial charge in [-0.05, 0) is 65.4 Å². The Morgan fingerprint density at radius 3 is 2.20 bits per heavy atom. The molecule has 0 fully saturated rings. The third kappa shape index (κ3) is 3.42. The number of nitrogens with one attached hydrogen (secondary N) is 1. The molecule has 1 aromatic carbocycles. The first kappa shape index (κ1) is 17.2. The molecule has 0 aliphatic heterocycles. The maximum absolute atomic E-state index is 3.58. The SMILES string of the molecule is CCC(CC)(C(Cc1cc(C)ccc1C)NC)N(C)C. The number of hydrogen-bond donors (Lipinski definition) is 1. The fourth-order valence-electron chi connectivity index (χ4n) is 3.49. The third-order valence-corrected chi connectivity index (χ3v) is 5.04. The second kappa shape index (κ2) is 7.24. The number of rotatable bonds is 7. The van der Waals surface area contributed by atoms with E-state index in [9.17, 15) is 0 Å². The largest absolute Gasteiger partial charge is 0.315 e. The molecule has 0 aliphatic rings. The van der Waals surface area contributed by atoms with Gasteiger partial charge in [-0.3, -0.25) is 0 Å². The van der Waals surface area contributed by atoms with E-state index in [1.165, 1.54) is 16.7 Å². The van der Waals surface area contributed by atoms with Crippen LogP contribution in [-0.2, 0) is 6.42 Å². The van der Waals surface area contributed by atoms with Gasteiger partial charge in [-0.25, -0.2) is 0 Å². The summed E-state index contributed by atoms with van der Waals surface area (Å²) in [4.78, 5) is 2.40. The fraction of sp³-hybridized carbons (Fsp3) is 0.667. The van der Waals surface area contributed by atoms with Gasteiger partial charge in [0.1, 0.15) is 0 Å². The van der Waals surface area contributed by atoms with Gasteiger partial charge in [0.15, 0.2) is 0 Å². The molecule has 0 aromatic heterocycles. The maximum atomic E-state index is 3.58. The van der Waals surface area contributed by atoms with E-state index in [-0.39, 0.29) is 5.54 Å². The predicted octanol–water partition coefficient (Wildman–Crippen LogP) is 3.55. The Hall–Kier alpha value is -0.860. The molecule has 114 valence electrons. The van der Waals surface area contributed by atoms with Crippen LogP contribution in [0.25, 0.3) is 0 Å². The number of benzene rings is 1. The molecular formula is C18H32N2. The van der Waals surface area contributed by atoms with Gasteiger partial charge < -0.3 is 10.2 Å². The molecule has 20 heavy (non-hydrogen) atoms. The minimum absolute atomic E-state index is 0.213. The van der Waals surface area contributed by atoms with Crippen LogP contribution in [0.1, 0.15) is 43.4 Å². The molecule has 0 saturated heterocycles. The topological polar surface area (TPSA) is 15.3 Å². The zero-order chi connectivity index (χ0) is 15.3. The quantitative estimate of drug-likeness (QED) is 0.819. The molecule has 0 saturated carbocycles. The van der Waals surface area contributed by atoms with Crippen LogP contribution in [0.5, 0.6) is 0 Å². The molecule has 0 radical (unpaired) electrons. The summed E-state index contributed by atoms with van der Waals surface area (Å²) >= 11 is 0. The Morgan fingerprint density at radius 2 is 1.75 bits per heavy atom. The minimum atomic E-state index is 0.213. The summed E-state index contributed by atoms with van der Waals surface area (Å²) in [6.07, 6.45) is 3.41. The molecule has 1 aromatic rings. The average Bonchev–Trinajstić information content (AvgIpc) is 2.42. The normalized spacial score (nSPS) is 13.8. The molecule has 0 amide bonds. The smallest absolute Gasteiger partial charge is 0.0354 e. The second-order valence-electron chi connectivity index (χ2n) is 6.18. The van der Waals surface area contributed by atoms with Gasteiger partial charge in [0.25, 0.3) is 0 Å². The molecule has 2 nitrogen and oxygen atoms in total. The highest BCUT2D eigenvalue weighted by Crippen LogP contribution is 2.28. The Bertz CT molecular complexity index is 419. The first-order valence-electron chi connectivity index (χ1n) is 7.82. The number of aryl methyl sites for hydroxylation is 2. The Morgan fingerprint density at radius 1 is 1.15 bits per heavy atom. The zero-order valence-electron chi connectivity index (χ0n) is 14.4. The van der Waals surface area contributed by atoms with Crippen molar-refractivity contribution in [3.8, 4) is 0 Å². The van der Waals surface area contributed by atoms with Gasteiger partial charge in [-0.15, -0.1) is 0 Å². The Balaban J connectivity index is 3.09. The molecule has 1 unspecified atom stereocenters. The highest BCUT2D eigenvalue weighted by atomic mass is 15.2. The van der Waals surface area contributed by atoms with Crippen LogP contribution in [0.4, 0.5) is 0 Å². The lowest BCUT2D eigenvalue weighted by atomic mass is 9.79. The summed E-state index contributed by atoms with van der Waals surface area (Å²) in [5, 5.41) is 3.58. The first-order valence-corrected chi connectivity index (χ1v) is 7.82. The van der Waals surface area contributed by atoms with Gasteiger partial charge in [0, 0.05) is 11.6 Å². The number of likely N-dealkylation sites (N-methyl/N-ethyl adjacent to an activating group) is 2. The van der Waals surface area contributed by atoms with Crippen molar-refractivity contribution in [3.05, 3.63) is 34.9 Å². The molecule has 0 spiro atoms. The van der Waals surface area contributed by atoms with Crippen molar-refractivity contribution >= 4 is 0 Å². The zero-order valence-corrected chi connectivity index (χ0v) is 14.4. The minimum Gasteiger partial charge on any atom is -0.315 e. The van der Waals surface area contributed by atoms with Crippen LogP contribution in [0.3, 0.4) is 0 Å². The number of hydrogen-bond acceptors (Lipinski definition) is 2. The lowest BCUT2D eigenvalue weighted by molar-refractivity contribution is 0.0917. The number of nitrogens with zero attached hydrogens (tertiary/aromatic N) is 1. The summed E-state index contributed by atoms with van der Waals surface area (Å²) in [5.41, 5.74) is 4.43. The van der Waals surface area contributed by atoms with E-state index < -0.39 is 0 Å². The van der Waals surface area contributed by atoms with Crippen LogP contribution in [-0.4, -0.2) is 37.6 Å². The van der Waals surface area contributed by atoms with Crippen LogP contribution in [0.2, 0.25) is 0 Å². The maximum Gasteiger partial charge on any atom is 0.0354 e. The van der Waals surface area contributed by atoms with E-state index in [2.05, 4.69) is 77.3 Å². The van der Waals surface area contributed by atoms with Gasteiger partial charge in [-0.1, -0.05) is 37.6 Å². The Labute approximate surface area is 125 Å². The Kier molecular flexibility index (Phi) is 6.22. The van der Waals surface area contributed by atoms with Crippen molar-refractivity contribution in [1.82, 2.24) is 10.2 Å². The molecular weight excluding hydrogens is 244 g/mol. The van der Waals surface area contributed by atoms with Crippen molar-refractivity contribution < 1.29 is 0 Å². The van der Waals surface area contributed by atoms with Crippen LogP contribution in [0, 0.1) is 13.8 Å². The fourth-order valence-corrected chi connectivity index (χ4v) is 3.49. The van der Waals surface area contributed by atoms with E-state index in [4.69, 9.17) is 0 Å². The molecule has 0 heterocycles. The summed E-state index contributed by atoms with van der Waals surface area (Å²) < 4.78 is 0. The average molecular weight is 276 g/mol. The first-order chi connectivity index (χ1) is 9.41. The van der Waals surface area contributed by atoms with Gasteiger partial charge in [0.05, 0.1) is 0 Å². The summed E-state index contributed by atoms with van der Waals surface area (Å²) in [6.45, 7) is 9.00.